The van der Waals surface area contributed by atoms with E-state index in [1.807, 2.05) is 38.1 Å². The third-order valence-electron chi connectivity index (χ3n) is 4.14. The van der Waals surface area contributed by atoms with Gasteiger partial charge in [0.15, 0.2) is 0 Å². The molecule has 1 N–H and O–H groups in total. The molecule has 0 amide bonds. The standard InChI is InChI=1S/C19H22N2O3S2/c1-4-14-5-7-15(8-6-14)21(12-13(2)3)26(23,24)16-9-10-17-18(11-16)25-19(22)20-17/h5-11,13H,4,12H2,1-3H3,(H,20,22). The molecule has 0 fully saturated rings. The van der Waals surface area contributed by atoms with Crippen molar-refractivity contribution in [3.8, 4) is 0 Å². The van der Waals surface area contributed by atoms with Crippen molar-refractivity contribution in [3.05, 3.63) is 57.7 Å². The van der Waals surface area contributed by atoms with Crippen molar-refractivity contribution in [1.29, 1.82) is 0 Å². The number of fused-ring (bicyclic) bond motifs is 1. The van der Waals surface area contributed by atoms with Crippen LogP contribution < -0.4 is 9.18 Å². The number of nitrogens with zero attached hydrogens (tertiary/aromatic N) is 1. The van der Waals surface area contributed by atoms with E-state index in [-0.39, 0.29) is 15.7 Å². The fourth-order valence-electron chi connectivity index (χ4n) is 2.79. The van der Waals surface area contributed by atoms with Gasteiger partial charge in [-0.25, -0.2) is 8.42 Å². The van der Waals surface area contributed by atoms with Crippen molar-refractivity contribution in [3.63, 3.8) is 0 Å². The van der Waals surface area contributed by atoms with Gasteiger partial charge in [0.25, 0.3) is 10.0 Å². The van der Waals surface area contributed by atoms with E-state index < -0.39 is 10.0 Å². The molecular formula is C19H22N2O3S2. The van der Waals surface area contributed by atoms with E-state index >= 15 is 0 Å². The Hall–Kier alpha value is -2.12. The van der Waals surface area contributed by atoms with E-state index in [2.05, 4.69) is 11.9 Å². The second kappa shape index (κ2) is 7.25. The summed E-state index contributed by atoms with van der Waals surface area (Å²) >= 11 is 1.01. The molecule has 7 heteroatoms. The van der Waals surface area contributed by atoms with E-state index in [9.17, 15) is 13.2 Å². The van der Waals surface area contributed by atoms with Crippen molar-refractivity contribution in [2.45, 2.75) is 32.1 Å². The number of benzene rings is 2. The molecule has 5 nitrogen and oxygen atoms in total. The number of aromatic amines is 1. The highest BCUT2D eigenvalue weighted by Crippen LogP contribution is 2.27. The molecule has 1 aromatic heterocycles. The van der Waals surface area contributed by atoms with Crippen LogP contribution in [0.5, 0.6) is 0 Å². The van der Waals surface area contributed by atoms with Crippen LogP contribution in [0.3, 0.4) is 0 Å². The summed E-state index contributed by atoms with van der Waals surface area (Å²) in [6, 6.07) is 12.4. The van der Waals surface area contributed by atoms with E-state index in [4.69, 9.17) is 0 Å². The smallest absolute Gasteiger partial charge is 0.305 e. The average molecular weight is 391 g/mol. The first-order chi connectivity index (χ1) is 12.3. The maximum atomic E-state index is 13.3. The maximum Gasteiger partial charge on any atom is 0.305 e. The first-order valence-corrected chi connectivity index (χ1v) is 10.8. The fraction of sp³-hybridized carbons (Fsp3) is 0.316. The van der Waals surface area contributed by atoms with Gasteiger partial charge in [0.2, 0.25) is 0 Å². The van der Waals surface area contributed by atoms with Crippen molar-refractivity contribution in [1.82, 2.24) is 4.98 Å². The third-order valence-corrected chi connectivity index (χ3v) is 6.78. The Morgan fingerprint density at radius 2 is 1.81 bits per heavy atom. The molecule has 1 heterocycles. The summed E-state index contributed by atoms with van der Waals surface area (Å²) in [6.45, 7) is 6.43. The minimum atomic E-state index is -3.73. The van der Waals surface area contributed by atoms with Gasteiger partial charge in [0, 0.05) is 6.54 Å². The zero-order valence-electron chi connectivity index (χ0n) is 15.0. The van der Waals surface area contributed by atoms with Gasteiger partial charge in [-0.1, -0.05) is 44.2 Å². The summed E-state index contributed by atoms with van der Waals surface area (Å²) < 4.78 is 28.7. The maximum absolute atomic E-state index is 13.3. The predicted octanol–water partition coefficient (Wildman–Crippen LogP) is 4.00. The Labute approximate surface area is 157 Å². The molecule has 0 aliphatic rings. The van der Waals surface area contributed by atoms with Crippen molar-refractivity contribution in [2.24, 2.45) is 5.92 Å². The second-order valence-corrected chi connectivity index (χ2v) is 9.50. The molecule has 0 atom stereocenters. The second-order valence-electron chi connectivity index (χ2n) is 6.62. The Balaban J connectivity index is 2.08. The van der Waals surface area contributed by atoms with Gasteiger partial charge in [-0.2, -0.15) is 0 Å². The van der Waals surface area contributed by atoms with Crippen LogP contribution >= 0.6 is 11.3 Å². The van der Waals surface area contributed by atoms with Crippen LogP contribution in [0, 0.1) is 5.92 Å². The molecule has 26 heavy (non-hydrogen) atoms. The Kier molecular flexibility index (Phi) is 5.20. The minimum absolute atomic E-state index is 0.169. The molecule has 2 aromatic carbocycles. The number of hydrogen-bond donors (Lipinski definition) is 1. The Morgan fingerprint density at radius 3 is 2.42 bits per heavy atom. The molecule has 3 rings (SSSR count). The number of sulfonamides is 1. The summed E-state index contributed by atoms with van der Waals surface area (Å²) in [5.74, 6) is 0.169. The zero-order valence-corrected chi connectivity index (χ0v) is 16.7. The molecule has 0 aliphatic carbocycles. The lowest BCUT2D eigenvalue weighted by molar-refractivity contribution is 0.578. The van der Waals surface area contributed by atoms with E-state index in [0.29, 0.717) is 22.4 Å². The van der Waals surface area contributed by atoms with Crippen LogP contribution in [0.2, 0.25) is 0 Å². The van der Waals surface area contributed by atoms with Crippen molar-refractivity contribution >= 4 is 37.3 Å². The Bertz CT molecular complexity index is 1060. The number of anilines is 1. The third kappa shape index (κ3) is 3.68. The highest BCUT2D eigenvalue weighted by molar-refractivity contribution is 7.92. The van der Waals surface area contributed by atoms with Crippen LogP contribution in [-0.2, 0) is 16.4 Å². The molecule has 3 aromatic rings. The van der Waals surface area contributed by atoms with Gasteiger partial charge in [0.1, 0.15) is 0 Å². The van der Waals surface area contributed by atoms with Gasteiger partial charge in [-0.15, -0.1) is 0 Å². The average Bonchev–Trinajstić information content (AvgIpc) is 2.98. The summed E-state index contributed by atoms with van der Waals surface area (Å²) in [4.78, 5) is 14.2. The summed E-state index contributed by atoms with van der Waals surface area (Å²) in [7, 11) is -3.73. The lowest BCUT2D eigenvalue weighted by atomic mass is 10.1. The highest BCUT2D eigenvalue weighted by atomic mass is 32.2. The van der Waals surface area contributed by atoms with Crippen molar-refractivity contribution in [2.75, 3.05) is 10.8 Å². The molecular weight excluding hydrogens is 368 g/mol. The van der Waals surface area contributed by atoms with Crippen LogP contribution in [0.15, 0.2) is 52.2 Å². The molecule has 0 bridgehead atoms. The molecule has 0 saturated heterocycles. The van der Waals surface area contributed by atoms with Crippen molar-refractivity contribution < 1.29 is 8.42 Å². The van der Waals surface area contributed by atoms with Crippen LogP contribution in [0.1, 0.15) is 26.3 Å². The van der Waals surface area contributed by atoms with Gasteiger partial charge in [0.05, 0.1) is 20.8 Å². The zero-order chi connectivity index (χ0) is 18.9. The normalized spacial score (nSPS) is 12.0. The molecule has 0 saturated carbocycles. The van der Waals surface area contributed by atoms with Gasteiger partial charge >= 0.3 is 4.87 Å². The molecule has 0 aliphatic heterocycles. The largest absolute Gasteiger partial charge is 0.312 e. The minimum Gasteiger partial charge on any atom is -0.312 e. The SMILES string of the molecule is CCc1ccc(N(CC(C)C)S(=O)(=O)c2ccc3[nH]c(=O)sc3c2)cc1. The fourth-order valence-corrected chi connectivity index (χ4v) is 5.29. The number of thiazole rings is 1. The Morgan fingerprint density at radius 1 is 1.12 bits per heavy atom. The number of H-pyrrole nitrogens is 1. The predicted molar refractivity (Wildman–Crippen MR) is 108 cm³/mol. The number of rotatable bonds is 6. The number of aromatic nitrogens is 1. The quantitative estimate of drug-likeness (QED) is 0.691. The first kappa shape index (κ1) is 18.7. The number of aryl methyl sites for hydroxylation is 1. The van der Waals surface area contributed by atoms with Gasteiger partial charge in [-0.3, -0.25) is 9.10 Å². The van der Waals surface area contributed by atoms with E-state index in [1.54, 1.807) is 18.2 Å². The molecule has 0 spiro atoms. The summed E-state index contributed by atoms with van der Waals surface area (Å²) in [5.41, 5.74) is 2.47. The summed E-state index contributed by atoms with van der Waals surface area (Å²) in [6.07, 6.45) is 0.903. The first-order valence-electron chi connectivity index (χ1n) is 8.56. The topological polar surface area (TPSA) is 70.2 Å². The molecule has 0 radical (unpaired) electrons. The van der Waals surface area contributed by atoms with Gasteiger partial charge in [-0.05, 0) is 48.2 Å². The van der Waals surface area contributed by atoms with Crippen LogP contribution in [0.25, 0.3) is 10.2 Å². The van der Waals surface area contributed by atoms with E-state index in [0.717, 1.165) is 23.3 Å². The monoisotopic (exact) mass is 390 g/mol. The van der Waals surface area contributed by atoms with Gasteiger partial charge < -0.3 is 4.98 Å². The highest BCUT2D eigenvalue weighted by Gasteiger charge is 2.26. The van der Waals surface area contributed by atoms with E-state index in [1.165, 1.54) is 4.31 Å². The van der Waals surface area contributed by atoms with Crippen LogP contribution in [0.4, 0.5) is 5.69 Å². The van der Waals surface area contributed by atoms with Crippen LogP contribution in [-0.4, -0.2) is 19.9 Å². The summed E-state index contributed by atoms with van der Waals surface area (Å²) in [5, 5.41) is 0. The molecule has 0 unspecified atom stereocenters. The number of nitrogens with one attached hydrogen (secondary N) is 1. The number of hydrogen-bond acceptors (Lipinski definition) is 4. The molecule has 138 valence electrons. The lowest BCUT2D eigenvalue weighted by Crippen LogP contribution is -2.34. The lowest BCUT2D eigenvalue weighted by Gasteiger charge is -2.26.